The van der Waals surface area contributed by atoms with Crippen molar-refractivity contribution in [3.63, 3.8) is 0 Å². The van der Waals surface area contributed by atoms with Crippen molar-refractivity contribution in [3.8, 4) is 0 Å². The van der Waals surface area contributed by atoms with E-state index >= 15 is 0 Å². The van der Waals surface area contributed by atoms with Crippen LogP contribution in [0, 0.1) is 5.92 Å². The second-order valence-electron chi connectivity index (χ2n) is 7.29. The highest BCUT2D eigenvalue weighted by Crippen LogP contribution is 2.39. The summed E-state index contributed by atoms with van der Waals surface area (Å²) in [5, 5.41) is 13.0. The van der Waals surface area contributed by atoms with E-state index in [2.05, 4.69) is 5.32 Å². The van der Waals surface area contributed by atoms with Gasteiger partial charge in [-0.05, 0) is 51.2 Å². The van der Waals surface area contributed by atoms with E-state index in [4.69, 9.17) is 10.5 Å². The third-order valence-corrected chi connectivity index (χ3v) is 5.62. The molecule has 0 spiro atoms. The van der Waals surface area contributed by atoms with Gasteiger partial charge in [-0.15, -0.1) is 0 Å². The van der Waals surface area contributed by atoms with Crippen LogP contribution in [-0.2, 0) is 16.0 Å². The van der Waals surface area contributed by atoms with Crippen molar-refractivity contribution in [2.24, 2.45) is 5.92 Å². The predicted molar refractivity (Wildman–Crippen MR) is 101 cm³/mol. The molecule has 1 amide bonds. The number of ether oxygens (including phenoxy) is 1. The van der Waals surface area contributed by atoms with Gasteiger partial charge in [0.05, 0.1) is 30.1 Å². The van der Waals surface area contributed by atoms with Crippen molar-refractivity contribution in [1.82, 2.24) is 0 Å². The van der Waals surface area contributed by atoms with Crippen molar-refractivity contribution in [1.29, 1.82) is 0 Å². The third kappa shape index (κ3) is 3.43. The van der Waals surface area contributed by atoms with Gasteiger partial charge in [-0.3, -0.25) is 9.69 Å². The normalized spacial score (nSPS) is 25.3. The number of carbonyl (C=O) groups is 2. The summed E-state index contributed by atoms with van der Waals surface area (Å²) in [7, 11) is 1.43. The number of nitrogens with zero attached hydrogens (tertiary/aromatic N) is 1. The molecule has 0 bridgehead atoms. The van der Waals surface area contributed by atoms with Gasteiger partial charge in [0, 0.05) is 17.6 Å². The lowest BCUT2D eigenvalue weighted by atomic mass is 9.85. The minimum absolute atomic E-state index is 0.0580. The molecule has 1 saturated carbocycles. The van der Waals surface area contributed by atoms with Crippen molar-refractivity contribution < 1.29 is 19.4 Å². The molecule has 7 nitrogen and oxygen atoms in total. The first-order valence-corrected chi connectivity index (χ1v) is 9.20. The van der Waals surface area contributed by atoms with Gasteiger partial charge in [0.1, 0.15) is 0 Å². The van der Waals surface area contributed by atoms with E-state index in [-0.39, 0.29) is 24.0 Å². The number of hydrogen-bond donors (Lipinski definition) is 3. The van der Waals surface area contributed by atoms with Crippen LogP contribution >= 0.6 is 0 Å². The van der Waals surface area contributed by atoms with Crippen LogP contribution in [0.2, 0.25) is 0 Å². The van der Waals surface area contributed by atoms with Gasteiger partial charge in [-0.25, -0.2) is 4.79 Å². The van der Waals surface area contributed by atoms with E-state index in [9.17, 15) is 14.7 Å². The van der Waals surface area contributed by atoms with Crippen molar-refractivity contribution in [2.45, 2.75) is 57.5 Å². The number of rotatable bonds is 3. The molecule has 1 aliphatic carbocycles. The Morgan fingerprint density at radius 1 is 1.31 bits per heavy atom. The first kappa shape index (κ1) is 18.4. The van der Waals surface area contributed by atoms with Gasteiger partial charge in [0.25, 0.3) is 0 Å². The Balaban J connectivity index is 1.80. The maximum Gasteiger partial charge on any atom is 0.412 e. The quantitative estimate of drug-likeness (QED) is 0.564. The van der Waals surface area contributed by atoms with Crippen LogP contribution < -0.4 is 16.0 Å². The zero-order valence-electron chi connectivity index (χ0n) is 15.3. The molecule has 1 aromatic rings. The van der Waals surface area contributed by atoms with Crippen molar-refractivity contribution in [3.05, 3.63) is 17.7 Å². The molecule has 1 unspecified atom stereocenters. The maximum atomic E-state index is 11.8. The Morgan fingerprint density at radius 3 is 2.77 bits per heavy atom. The molecular formula is C19H27N3O4. The predicted octanol–water partition coefficient (Wildman–Crippen LogP) is 3.23. The lowest BCUT2D eigenvalue weighted by molar-refractivity contribution is -0.146. The molecule has 7 heteroatoms. The zero-order valence-corrected chi connectivity index (χ0v) is 15.3. The number of anilines is 3. The Labute approximate surface area is 153 Å². The highest BCUT2D eigenvalue weighted by Gasteiger charge is 2.31. The fourth-order valence-corrected chi connectivity index (χ4v) is 4.20. The Morgan fingerprint density at radius 2 is 2.08 bits per heavy atom. The first-order chi connectivity index (χ1) is 12.4. The number of esters is 1. The number of carbonyl (C=O) groups excluding carboxylic acids is 1. The number of nitrogens with one attached hydrogen (secondary N) is 1. The summed E-state index contributed by atoms with van der Waals surface area (Å²) < 4.78 is 4.88. The smallest absolute Gasteiger partial charge is 0.412 e. The van der Waals surface area contributed by atoms with E-state index in [1.807, 2.05) is 19.1 Å². The Hall–Kier alpha value is -2.44. The highest BCUT2D eigenvalue weighted by atomic mass is 16.5. The van der Waals surface area contributed by atoms with Crippen LogP contribution in [0.25, 0.3) is 0 Å². The SMILES string of the molecule is COC(=O)[C@@H]1CCC[C@@H](Nc2ccc3c(c2N)CCC(C)N3C(=O)O)C1. The average Bonchev–Trinajstić information content (AvgIpc) is 2.63. The number of benzene rings is 1. The zero-order chi connectivity index (χ0) is 18.8. The summed E-state index contributed by atoms with van der Waals surface area (Å²) in [6.45, 7) is 1.91. The van der Waals surface area contributed by atoms with Gasteiger partial charge in [0.15, 0.2) is 0 Å². The van der Waals surface area contributed by atoms with Gasteiger partial charge in [-0.2, -0.15) is 0 Å². The molecule has 142 valence electrons. The third-order valence-electron chi connectivity index (χ3n) is 5.62. The van der Waals surface area contributed by atoms with Crippen LogP contribution in [0.1, 0.15) is 44.6 Å². The molecule has 0 aromatic heterocycles. The van der Waals surface area contributed by atoms with Gasteiger partial charge in [0.2, 0.25) is 0 Å². The van der Waals surface area contributed by atoms with Crippen molar-refractivity contribution >= 4 is 29.1 Å². The summed E-state index contributed by atoms with van der Waals surface area (Å²) in [5.41, 5.74) is 9.37. The van der Waals surface area contributed by atoms with E-state index in [0.29, 0.717) is 11.4 Å². The van der Waals surface area contributed by atoms with Crippen LogP contribution in [0.3, 0.4) is 0 Å². The molecular weight excluding hydrogens is 334 g/mol. The number of fused-ring (bicyclic) bond motifs is 1. The van der Waals surface area contributed by atoms with E-state index in [1.54, 1.807) is 0 Å². The van der Waals surface area contributed by atoms with E-state index in [1.165, 1.54) is 12.0 Å². The number of amides is 1. The molecule has 3 atom stereocenters. The van der Waals surface area contributed by atoms with Crippen LogP contribution in [0.15, 0.2) is 12.1 Å². The molecule has 1 fully saturated rings. The molecule has 1 aromatic carbocycles. The lowest BCUT2D eigenvalue weighted by Gasteiger charge is -2.35. The van der Waals surface area contributed by atoms with Crippen LogP contribution in [0.4, 0.5) is 21.9 Å². The fraction of sp³-hybridized carbons (Fsp3) is 0.579. The average molecular weight is 361 g/mol. The summed E-state index contributed by atoms with van der Waals surface area (Å²) in [4.78, 5) is 24.8. The number of carboxylic acid groups (broad SMARTS) is 1. The number of methoxy groups -OCH3 is 1. The summed E-state index contributed by atoms with van der Waals surface area (Å²) in [5.74, 6) is -0.227. The van der Waals surface area contributed by atoms with Gasteiger partial charge >= 0.3 is 12.1 Å². The van der Waals surface area contributed by atoms with E-state index in [0.717, 1.165) is 49.8 Å². The molecule has 3 rings (SSSR count). The molecule has 0 radical (unpaired) electrons. The maximum absolute atomic E-state index is 11.8. The molecule has 26 heavy (non-hydrogen) atoms. The Bertz CT molecular complexity index is 706. The highest BCUT2D eigenvalue weighted by molar-refractivity contribution is 5.92. The monoisotopic (exact) mass is 361 g/mol. The summed E-state index contributed by atoms with van der Waals surface area (Å²) in [6, 6.07) is 3.78. The van der Waals surface area contributed by atoms with Gasteiger partial charge < -0.3 is 20.9 Å². The molecule has 0 saturated heterocycles. The Kier molecular flexibility index (Phi) is 5.25. The second kappa shape index (κ2) is 7.43. The minimum Gasteiger partial charge on any atom is -0.469 e. The molecule has 1 heterocycles. The topological polar surface area (TPSA) is 105 Å². The van der Waals surface area contributed by atoms with Gasteiger partial charge in [-0.1, -0.05) is 6.42 Å². The molecule has 4 N–H and O–H groups in total. The van der Waals surface area contributed by atoms with Crippen LogP contribution in [-0.4, -0.2) is 36.4 Å². The summed E-state index contributed by atoms with van der Waals surface area (Å²) >= 11 is 0. The number of nitrogen functional groups attached to an aromatic ring is 1. The number of hydrogen-bond acceptors (Lipinski definition) is 5. The molecule has 2 aliphatic rings. The summed E-state index contributed by atoms with van der Waals surface area (Å²) in [6.07, 6.45) is 4.08. The second-order valence-corrected chi connectivity index (χ2v) is 7.29. The fourth-order valence-electron chi connectivity index (χ4n) is 4.20. The molecule has 1 aliphatic heterocycles. The van der Waals surface area contributed by atoms with Crippen LogP contribution in [0.5, 0.6) is 0 Å². The lowest BCUT2D eigenvalue weighted by Crippen LogP contribution is -2.41. The standard InChI is InChI=1S/C19H27N3O4/c1-11-6-7-14-16(22(11)19(24)25)9-8-15(17(14)20)21-13-5-3-4-12(10-13)18(23)26-2/h8-9,11-13,21H,3-7,10,20H2,1-2H3,(H,24,25)/t11?,12-,13-/m1/s1. The first-order valence-electron chi connectivity index (χ1n) is 9.20. The largest absolute Gasteiger partial charge is 0.469 e. The van der Waals surface area contributed by atoms with Crippen molar-refractivity contribution in [2.75, 3.05) is 23.1 Å². The number of nitrogens with two attached hydrogens (primary N) is 1. The van der Waals surface area contributed by atoms with E-state index < -0.39 is 6.09 Å². The minimum atomic E-state index is -0.952.